The van der Waals surface area contributed by atoms with Gasteiger partial charge in [-0.25, -0.2) is 0 Å². The fraction of sp³-hybridized carbons (Fsp3) is 0.381. The summed E-state index contributed by atoms with van der Waals surface area (Å²) in [5.74, 6) is -1.47. The van der Waals surface area contributed by atoms with Crippen LogP contribution in [0, 0.1) is 5.92 Å². The van der Waals surface area contributed by atoms with E-state index in [0.29, 0.717) is 25.9 Å². The standard InChI is InChI=1S/C21H22F3N3O3/c22-21(23,24)16-10-15(11-18(12-16)27-20(29)14-6-9-30-13-14)19(28)26-8-3-5-17-4-1-2-7-25-17/h1-2,4,7,10-12,14H,3,5-6,8-9,13H2,(H,26,28)(H,27,29). The van der Waals surface area contributed by atoms with E-state index in [-0.39, 0.29) is 24.4 Å². The summed E-state index contributed by atoms with van der Waals surface area (Å²) in [6.45, 7) is 0.952. The zero-order valence-corrected chi connectivity index (χ0v) is 16.2. The molecule has 6 nitrogen and oxygen atoms in total. The SMILES string of the molecule is O=C(NCCCc1ccccn1)c1cc(NC(=O)C2CCOC2)cc(C(F)(F)F)c1. The van der Waals surface area contributed by atoms with Gasteiger partial charge >= 0.3 is 6.18 Å². The van der Waals surface area contributed by atoms with Crippen molar-refractivity contribution in [3.05, 3.63) is 59.4 Å². The number of carbonyl (C=O) groups excluding carboxylic acids is 2. The van der Waals surface area contributed by atoms with Gasteiger partial charge in [0.05, 0.1) is 18.1 Å². The fourth-order valence-corrected chi connectivity index (χ4v) is 3.10. The number of hydrogen-bond acceptors (Lipinski definition) is 4. The summed E-state index contributed by atoms with van der Waals surface area (Å²) in [7, 11) is 0. The molecule has 0 radical (unpaired) electrons. The summed E-state index contributed by atoms with van der Waals surface area (Å²) in [5.41, 5.74) is -0.366. The number of amides is 2. The number of nitrogens with zero attached hydrogens (tertiary/aromatic N) is 1. The first-order valence-electron chi connectivity index (χ1n) is 9.62. The molecule has 2 aromatic rings. The molecule has 3 rings (SSSR count). The molecule has 2 amide bonds. The van der Waals surface area contributed by atoms with Gasteiger partial charge in [-0.3, -0.25) is 14.6 Å². The zero-order valence-electron chi connectivity index (χ0n) is 16.2. The molecule has 0 aliphatic carbocycles. The van der Waals surface area contributed by atoms with Gasteiger partial charge in [0.15, 0.2) is 0 Å². The lowest BCUT2D eigenvalue weighted by molar-refractivity contribution is -0.137. The number of aromatic nitrogens is 1. The predicted molar refractivity (Wildman–Crippen MR) is 104 cm³/mol. The molecule has 1 aliphatic rings. The molecule has 1 aliphatic heterocycles. The maximum atomic E-state index is 13.3. The minimum Gasteiger partial charge on any atom is -0.381 e. The summed E-state index contributed by atoms with van der Waals surface area (Å²) in [5, 5.41) is 5.09. The lowest BCUT2D eigenvalue weighted by Gasteiger charge is -2.14. The van der Waals surface area contributed by atoms with Gasteiger partial charge in [-0.2, -0.15) is 13.2 Å². The van der Waals surface area contributed by atoms with Crippen LogP contribution in [0.4, 0.5) is 18.9 Å². The molecule has 1 unspecified atom stereocenters. The maximum Gasteiger partial charge on any atom is 0.416 e. The molecule has 160 valence electrons. The van der Waals surface area contributed by atoms with Crippen molar-refractivity contribution < 1.29 is 27.5 Å². The maximum absolute atomic E-state index is 13.3. The molecule has 1 aromatic carbocycles. The molecule has 0 saturated carbocycles. The number of alkyl halides is 3. The van der Waals surface area contributed by atoms with Gasteiger partial charge in [0.1, 0.15) is 0 Å². The number of rotatable bonds is 7. The molecular formula is C21H22F3N3O3. The first kappa shape index (κ1) is 21.8. The minimum absolute atomic E-state index is 0.0691. The number of carbonyl (C=O) groups is 2. The van der Waals surface area contributed by atoms with Crippen molar-refractivity contribution in [1.82, 2.24) is 10.3 Å². The third-order valence-corrected chi connectivity index (χ3v) is 4.71. The van der Waals surface area contributed by atoms with Crippen molar-refractivity contribution in [2.75, 3.05) is 25.1 Å². The van der Waals surface area contributed by atoms with E-state index in [0.717, 1.165) is 17.8 Å². The van der Waals surface area contributed by atoms with Crippen LogP contribution < -0.4 is 10.6 Å². The Hall–Kier alpha value is -2.94. The topological polar surface area (TPSA) is 80.3 Å². The van der Waals surface area contributed by atoms with E-state index in [9.17, 15) is 22.8 Å². The first-order valence-corrected chi connectivity index (χ1v) is 9.62. The second kappa shape index (κ2) is 9.71. The normalized spacial score (nSPS) is 16.3. The highest BCUT2D eigenvalue weighted by molar-refractivity contribution is 5.98. The quantitative estimate of drug-likeness (QED) is 0.672. The average Bonchev–Trinajstić information content (AvgIpc) is 3.26. The second-order valence-corrected chi connectivity index (χ2v) is 7.03. The van der Waals surface area contributed by atoms with Gasteiger partial charge in [0.25, 0.3) is 5.91 Å². The Morgan fingerprint density at radius 2 is 2.03 bits per heavy atom. The monoisotopic (exact) mass is 421 g/mol. The number of pyridine rings is 1. The Balaban J connectivity index is 1.65. The molecule has 0 spiro atoms. The van der Waals surface area contributed by atoms with E-state index in [2.05, 4.69) is 15.6 Å². The van der Waals surface area contributed by atoms with Crippen molar-refractivity contribution in [2.24, 2.45) is 5.92 Å². The number of anilines is 1. The molecule has 0 bridgehead atoms. The predicted octanol–water partition coefficient (Wildman–Crippen LogP) is 3.44. The minimum atomic E-state index is -4.65. The van der Waals surface area contributed by atoms with E-state index < -0.39 is 29.5 Å². The Morgan fingerprint density at radius 1 is 1.20 bits per heavy atom. The van der Waals surface area contributed by atoms with Gasteiger partial charge in [0.2, 0.25) is 5.91 Å². The Kier molecular flexibility index (Phi) is 7.04. The molecule has 2 N–H and O–H groups in total. The van der Waals surface area contributed by atoms with Crippen LogP contribution in [-0.2, 0) is 22.1 Å². The van der Waals surface area contributed by atoms with E-state index in [1.54, 1.807) is 12.3 Å². The molecule has 1 aromatic heterocycles. The molecule has 9 heteroatoms. The van der Waals surface area contributed by atoms with Crippen molar-refractivity contribution >= 4 is 17.5 Å². The Bertz CT molecular complexity index is 882. The average molecular weight is 421 g/mol. The van der Waals surface area contributed by atoms with E-state index in [1.807, 2.05) is 12.1 Å². The first-order chi connectivity index (χ1) is 14.3. The summed E-state index contributed by atoms with van der Waals surface area (Å²) in [6.07, 6.45) is -1.24. The lowest BCUT2D eigenvalue weighted by atomic mass is 10.1. The number of hydrogen-bond donors (Lipinski definition) is 2. The van der Waals surface area contributed by atoms with Crippen molar-refractivity contribution in [3.8, 4) is 0 Å². The number of halogens is 3. The van der Waals surface area contributed by atoms with Crippen LogP contribution in [0.2, 0.25) is 0 Å². The lowest BCUT2D eigenvalue weighted by Crippen LogP contribution is -2.26. The Morgan fingerprint density at radius 3 is 2.70 bits per heavy atom. The van der Waals surface area contributed by atoms with Crippen LogP contribution in [0.5, 0.6) is 0 Å². The highest BCUT2D eigenvalue weighted by atomic mass is 19.4. The van der Waals surface area contributed by atoms with Gasteiger partial charge in [-0.05, 0) is 49.6 Å². The second-order valence-electron chi connectivity index (χ2n) is 7.03. The summed E-state index contributed by atoms with van der Waals surface area (Å²) in [6, 6.07) is 8.37. The highest BCUT2D eigenvalue weighted by Crippen LogP contribution is 2.32. The van der Waals surface area contributed by atoms with E-state index in [4.69, 9.17) is 4.74 Å². The summed E-state index contributed by atoms with van der Waals surface area (Å²) >= 11 is 0. The molecular weight excluding hydrogens is 399 g/mol. The van der Waals surface area contributed by atoms with Crippen molar-refractivity contribution in [1.29, 1.82) is 0 Å². The summed E-state index contributed by atoms with van der Waals surface area (Å²) < 4.78 is 45.0. The van der Waals surface area contributed by atoms with Crippen molar-refractivity contribution in [3.63, 3.8) is 0 Å². The molecule has 1 fully saturated rings. The van der Waals surface area contributed by atoms with E-state index >= 15 is 0 Å². The fourth-order valence-electron chi connectivity index (χ4n) is 3.10. The number of nitrogens with one attached hydrogen (secondary N) is 2. The molecule has 1 atom stereocenters. The smallest absolute Gasteiger partial charge is 0.381 e. The molecule has 2 heterocycles. The van der Waals surface area contributed by atoms with Crippen LogP contribution in [0.3, 0.4) is 0 Å². The van der Waals surface area contributed by atoms with E-state index in [1.165, 1.54) is 6.07 Å². The van der Waals surface area contributed by atoms with Crippen LogP contribution in [-0.4, -0.2) is 36.6 Å². The van der Waals surface area contributed by atoms with Crippen LogP contribution in [0.15, 0.2) is 42.6 Å². The summed E-state index contributed by atoms with van der Waals surface area (Å²) in [4.78, 5) is 28.8. The molecule has 30 heavy (non-hydrogen) atoms. The zero-order chi connectivity index (χ0) is 21.6. The van der Waals surface area contributed by atoms with Crippen LogP contribution in [0.25, 0.3) is 0 Å². The molecule has 1 saturated heterocycles. The number of benzene rings is 1. The number of aryl methyl sites for hydroxylation is 1. The highest BCUT2D eigenvalue weighted by Gasteiger charge is 2.32. The Labute approximate surface area is 171 Å². The van der Waals surface area contributed by atoms with Gasteiger partial charge < -0.3 is 15.4 Å². The van der Waals surface area contributed by atoms with Crippen LogP contribution in [0.1, 0.15) is 34.5 Å². The van der Waals surface area contributed by atoms with Gasteiger partial charge in [-0.15, -0.1) is 0 Å². The third kappa shape index (κ3) is 6.03. The largest absolute Gasteiger partial charge is 0.416 e. The van der Waals surface area contributed by atoms with Crippen LogP contribution >= 0.6 is 0 Å². The number of ether oxygens (including phenoxy) is 1. The van der Waals surface area contributed by atoms with Gasteiger partial charge in [0, 0.05) is 36.3 Å². The van der Waals surface area contributed by atoms with Crippen molar-refractivity contribution in [2.45, 2.75) is 25.4 Å². The third-order valence-electron chi connectivity index (χ3n) is 4.71. The van der Waals surface area contributed by atoms with Gasteiger partial charge in [-0.1, -0.05) is 6.07 Å².